The van der Waals surface area contributed by atoms with Crippen molar-refractivity contribution in [3.63, 3.8) is 0 Å². The van der Waals surface area contributed by atoms with Crippen molar-refractivity contribution < 1.29 is 9.13 Å². The highest BCUT2D eigenvalue weighted by Crippen LogP contribution is 2.24. The molecule has 0 aliphatic rings. The topological polar surface area (TPSA) is 21.3 Å². The predicted molar refractivity (Wildman–Crippen MR) is 76.0 cm³/mol. The standard InChI is InChI=1S/C16H18FNO/c1-2-11-19-16-10-6-5-9-15(16)18-12-13-7-3-4-8-14(13)17/h3-10,18H,2,11-12H2,1H3. The Morgan fingerprint density at radius 3 is 2.58 bits per heavy atom. The first-order chi connectivity index (χ1) is 9.31. The van der Waals surface area contributed by atoms with Crippen molar-refractivity contribution in [2.24, 2.45) is 0 Å². The molecule has 19 heavy (non-hydrogen) atoms. The maximum absolute atomic E-state index is 13.5. The molecule has 0 saturated carbocycles. The maximum Gasteiger partial charge on any atom is 0.142 e. The molecule has 2 nitrogen and oxygen atoms in total. The van der Waals surface area contributed by atoms with E-state index in [1.807, 2.05) is 30.3 Å². The highest BCUT2D eigenvalue weighted by atomic mass is 19.1. The van der Waals surface area contributed by atoms with Gasteiger partial charge >= 0.3 is 0 Å². The molecule has 1 N–H and O–H groups in total. The van der Waals surface area contributed by atoms with Crippen molar-refractivity contribution in [2.75, 3.05) is 11.9 Å². The average Bonchev–Trinajstić information content (AvgIpc) is 2.45. The minimum Gasteiger partial charge on any atom is -0.491 e. The van der Waals surface area contributed by atoms with Gasteiger partial charge in [0, 0.05) is 12.1 Å². The molecule has 0 fully saturated rings. The first kappa shape index (κ1) is 13.4. The maximum atomic E-state index is 13.5. The minimum absolute atomic E-state index is 0.193. The van der Waals surface area contributed by atoms with E-state index in [4.69, 9.17) is 4.74 Å². The zero-order valence-electron chi connectivity index (χ0n) is 11.0. The molecule has 100 valence electrons. The fraction of sp³-hybridized carbons (Fsp3) is 0.250. The highest BCUT2D eigenvalue weighted by molar-refractivity contribution is 5.56. The van der Waals surface area contributed by atoms with Gasteiger partial charge in [-0.1, -0.05) is 37.3 Å². The van der Waals surface area contributed by atoms with Crippen LogP contribution >= 0.6 is 0 Å². The first-order valence-corrected chi connectivity index (χ1v) is 6.50. The number of rotatable bonds is 6. The average molecular weight is 259 g/mol. The number of hydrogen-bond acceptors (Lipinski definition) is 2. The Labute approximate surface area is 113 Å². The molecule has 0 bridgehead atoms. The van der Waals surface area contributed by atoms with Gasteiger partial charge in [-0.15, -0.1) is 0 Å². The van der Waals surface area contributed by atoms with E-state index < -0.39 is 0 Å². The summed E-state index contributed by atoms with van der Waals surface area (Å²) in [7, 11) is 0. The second-order valence-electron chi connectivity index (χ2n) is 4.29. The molecule has 0 saturated heterocycles. The van der Waals surface area contributed by atoms with Gasteiger partial charge in [0.15, 0.2) is 0 Å². The Morgan fingerprint density at radius 2 is 1.79 bits per heavy atom. The van der Waals surface area contributed by atoms with Gasteiger partial charge < -0.3 is 10.1 Å². The third-order valence-electron chi connectivity index (χ3n) is 2.78. The zero-order chi connectivity index (χ0) is 13.5. The third kappa shape index (κ3) is 3.71. The summed E-state index contributed by atoms with van der Waals surface area (Å²) >= 11 is 0. The van der Waals surface area contributed by atoms with E-state index in [9.17, 15) is 4.39 Å². The largest absolute Gasteiger partial charge is 0.491 e. The molecule has 2 rings (SSSR count). The van der Waals surface area contributed by atoms with Gasteiger partial charge in [-0.3, -0.25) is 0 Å². The van der Waals surface area contributed by atoms with E-state index in [0.717, 1.165) is 17.9 Å². The quantitative estimate of drug-likeness (QED) is 0.838. The summed E-state index contributed by atoms with van der Waals surface area (Å²) < 4.78 is 19.2. The van der Waals surface area contributed by atoms with Gasteiger partial charge in [0.2, 0.25) is 0 Å². The number of anilines is 1. The van der Waals surface area contributed by atoms with Crippen LogP contribution in [0.3, 0.4) is 0 Å². The fourth-order valence-electron chi connectivity index (χ4n) is 1.78. The number of benzene rings is 2. The van der Waals surface area contributed by atoms with Crippen molar-refractivity contribution in [2.45, 2.75) is 19.9 Å². The molecule has 0 amide bonds. The lowest BCUT2D eigenvalue weighted by atomic mass is 10.2. The van der Waals surface area contributed by atoms with Gasteiger partial charge in [-0.05, 0) is 24.6 Å². The Balaban J connectivity index is 2.05. The van der Waals surface area contributed by atoms with E-state index in [1.54, 1.807) is 12.1 Å². The summed E-state index contributed by atoms with van der Waals surface area (Å²) in [6, 6.07) is 14.5. The van der Waals surface area contributed by atoms with E-state index in [1.165, 1.54) is 6.07 Å². The van der Waals surface area contributed by atoms with Crippen LogP contribution in [0.4, 0.5) is 10.1 Å². The smallest absolute Gasteiger partial charge is 0.142 e. The number of nitrogens with one attached hydrogen (secondary N) is 1. The molecule has 0 aliphatic carbocycles. The van der Waals surface area contributed by atoms with Crippen molar-refractivity contribution >= 4 is 5.69 Å². The molecule has 2 aromatic rings. The van der Waals surface area contributed by atoms with Gasteiger partial charge in [-0.25, -0.2) is 4.39 Å². The minimum atomic E-state index is -0.193. The van der Waals surface area contributed by atoms with Gasteiger partial charge in [0.25, 0.3) is 0 Å². The molecule has 0 aliphatic heterocycles. The summed E-state index contributed by atoms with van der Waals surface area (Å²) in [5.41, 5.74) is 1.53. The molecular weight excluding hydrogens is 241 g/mol. The lowest BCUT2D eigenvalue weighted by molar-refractivity contribution is 0.319. The number of halogens is 1. The molecule has 2 aromatic carbocycles. The van der Waals surface area contributed by atoms with Crippen LogP contribution < -0.4 is 10.1 Å². The summed E-state index contributed by atoms with van der Waals surface area (Å²) in [5.74, 6) is 0.614. The van der Waals surface area contributed by atoms with Crippen molar-refractivity contribution in [3.8, 4) is 5.75 Å². The van der Waals surface area contributed by atoms with Gasteiger partial charge in [0.05, 0.1) is 12.3 Å². The fourth-order valence-corrected chi connectivity index (χ4v) is 1.78. The van der Waals surface area contributed by atoms with Crippen LogP contribution in [0.25, 0.3) is 0 Å². The monoisotopic (exact) mass is 259 g/mol. The number of hydrogen-bond donors (Lipinski definition) is 1. The SMILES string of the molecule is CCCOc1ccccc1NCc1ccccc1F. The van der Waals surface area contributed by atoms with Gasteiger partial charge in [0.1, 0.15) is 11.6 Å². The molecule has 0 aromatic heterocycles. The van der Waals surface area contributed by atoms with E-state index >= 15 is 0 Å². The number of ether oxygens (including phenoxy) is 1. The number of para-hydroxylation sites is 2. The molecule has 3 heteroatoms. The van der Waals surface area contributed by atoms with E-state index in [2.05, 4.69) is 12.2 Å². The van der Waals surface area contributed by atoms with Crippen LogP contribution in [0.15, 0.2) is 48.5 Å². The van der Waals surface area contributed by atoms with E-state index in [-0.39, 0.29) is 5.82 Å². The molecule has 0 heterocycles. The Hall–Kier alpha value is -2.03. The molecule has 0 radical (unpaired) electrons. The lowest BCUT2D eigenvalue weighted by Crippen LogP contribution is -2.04. The van der Waals surface area contributed by atoms with Crippen LogP contribution in [0.2, 0.25) is 0 Å². The third-order valence-corrected chi connectivity index (χ3v) is 2.78. The molecule has 0 spiro atoms. The predicted octanol–water partition coefficient (Wildman–Crippen LogP) is 4.23. The molecule has 0 atom stereocenters. The summed E-state index contributed by atoms with van der Waals surface area (Å²) in [5, 5.41) is 3.21. The first-order valence-electron chi connectivity index (χ1n) is 6.50. The van der Waals surface area contributed by atoms with Crippen LogP contribution in [0.5, 0.6) is 5.75 Å². The van der Waals surface area contributed by atoms with Crippen LogP contribution in [-0.2, 0) is 6.54 Å². The molecular formula is C16H18FNO. The Morgan fingerprint density at radius 1 is 1.05 bits per heavy atom. The second kappa shape index (κ2) is 6.78. The summed E-state index contributed by atoms with van der Waals surface area (Å²) in [6.07, 6.45) is 0.960. The Kier molecular flexibility index (Phi) is 4.78. The summed E-state index contributed by atoms with van der Waals surface area (Å²) in [4.78, 5) is 0. The van der Waals surface area contributed by atoms with E-state index in [0.29, 0.717) is 18.7 Å². The van der Waals surface area contributed by atoms with Crippen LogP contribution in [0.1, 0.15) is 18.9 Å². The summed E-state index contributed by atoms with van der Waals surface area (Å²) in [6.45, 7) is 3.19. The second-order valence-corrected chi connectivity index (χ2v) is 4.29. The van der Waals surface area contributed by atoms with Crippen molar-refractivity contribution in [1.82, 2.24) is 0 Å². The normalized spacial score (nSPS) is 10.2. The van der Waals surface area contributed by atoms with Crippen LogP contribution in [0, 0.1) is 5.82 Å². The van der Waals surface area contributed by atoms with Crippen molar-refractivity contribution in [3.05, 3.63) is 59.9 Å². The molecule has 0 unspecified atom stereocenters. The zero-order valence-corrected chi connectivity index (χ0v) is 11.0. The lowest BCUT2D eigenvalue weighted by Gasteiger charge is -2.13. The highest BCUT2D eigenvalue weighted by Gasteiger charge is 2.04. The van der Waals surface area contributed by atoms with Crippen LogP contribution in [-0.4, -0.2) is 6.61 Å². The van der Waals surface area contributed by atoms with Gasteiger partial charge in [-0.2, -0.15) is 0 Å². The van der Waals surface area contributed by atoms with Crippen molar-refractivity contribution in [1.29, 1.82) is 0 Å². The Bertz CT molecular complexity index is 528.